The minimum Gasteiger partial charge on any atom is -0.378 e. The molecule has 0 spiro atoms. The van der Waals surface area contributed by atoms with Crippen molar-refractivity contribution < 1.29 is 17.7 Å². The van der Waals surface area contributed by atoms with Crippen LogP contribution >= 0.6 is 0 Å². The number of ether oxygens (including phenoxy) is 1. The van der Waals surface area contributed by atoms with Gasteiger partial charge in [-0.2, -0.15) is 9.29 Å². The SMILES string of the molecule is Cc1ccccc1-c1noc(CNc2cc(S(=O)(=O)N3CCCCC3)ccc2N2CCOCC2)n1. The molecule has 1 aromatic heterocycles. The fraction of sp³-hybridized carbons (Fsp3) is 0.440. The number of benzene rings is 2. The summed E-state index contributed by atoms with van der Waals surface area (Å²) in [5.41, 5.74) is 3.65. The number of aromatic nitrogens is 2. The van der Waals surface area contributed by atoms with Crippen molar-refractivity contribution in [1.29, 1.82) is 0 Å². The van der Waals surface area contributed by atoms with Crippen molar-refractivity contribution >= 4 is 21.4 Å². The van der Waals surface area contributed by atoms with Crippen LogP contribution in [0.3, 0.4) is 0 Å². The van der Waals surface area contributed by atoms with Crippen molar-refractivity contribution in [3.8, 4) is 11.4 Å². The van der Waals surface area contributed by atoms with Gasteiger partial charge < -0.3 is 19.5 Å². The van der Waals surface area contributed by atoms with E-state index >= 15 is 0 Å². The standard InChI is InChI=1S/C25H31N5O4S/c1-19-7-3-4-8-21(19)25-27-24(34-28-25)18-26-22-17-20(35(31,32)30-11-5-2-6-12-30)9-10-23(22)29-13-15-33-16-14-29/h3-4,7-10,17,26H,2,5-6,11-16,18H2,1H3. The second-order valence-electron chi connectivity index (χ2n) is 8.92. The van der Waals surface area contributed by atoms with Gasteiger partial charge in [0, 0.05) is 31.7 Å². The summed E-state index contributed by atoms with van der Waals surface area (Å²) in [6.45, 7) is 6.18. The number of morpholine rings is 1. The minimum atomic E-state index is -3.55. The lowest BCUT2D eigenvalue weighted by Gasteiger charge is -2.31. The molecule has 0 saturated carbocycles. The first-order chi connectivity index (χ1) is 17.0. The number of nitrogens with zero attached hydrogens (tertiary/aromatic N) is 4. The maximum absolute atomic E-state index is 13.3. The smallest absolute Gasteiger partial charge is 0.246 e. The number of piperidine rings is 1. The van der Waals surface area contributed by atoms with E-state index in [-0.39, 0.29) is 6.54 Å². The molecule has 3 aromatic rings. The van der Waals surface area contributed by atoms with E-state index in [4.69, 9.17) is 9.26 Å². The van der Waals surface area contributed by atoms with Gasteiger partial charge in [-0.15, -0.1) is 0 Å². The van der Waals surface area contributed by atoms with E-state index in [0.717, 1.165) is 54.9 Å². The molecule has 3 heterocycles. The van der Waals surface area contributed by atoms with E-state index in [0.29, 0.717) is 42.9 Å². The topological polar surface area (TPSA) is 101 Å². The molecule has 186 valence electrons. The minimum absolute atomic E-state index is 0.281. The van der Waals surface area contributed by atoms with Crippen molar-refractivity contribution in [3.05, 3.63) is 53.9 Å². The van der Waals surface area contributed by atoms with Gasteiger partial charge in [0.15, 0.2) is 0 Å². The van der Waals surface area contributed by atoms with E-state index in [9.17, 15) is 8.42 Å². The Kier molecular flexibility index (Phi) is 7.03. The summed E-state index contributed by atoms with van der Waals surface area (Å²) in [6, 6.07) is 13.2. The highest BCUT2D eigenvalue weighted by Crippen LogP contribution is 2.32. The number of hydrogen-bond acceptors (Lipinski definition) is 8. The molecular weight excluding hydrogens is 466 g/mol. The van der Waals surface area contributed by atoms with Gasteiger partial charge >= 0.3 is 0 Å². The number of sulfonamides is 1. The molecule has 2 aliphatic heterocycles. The molecule has 0 amide bonds. The Morgan fingerprint density at radius 3 is 2.54 bits per heavy atom. The van der Waals surface area contributed by atoms with Gasteiger partial charge in [0.1, 0.15) is 0 Å². The van der Waals surface area contributed by atoms with Crippen molar-refractivity contribution in [2.75, 3.05) is 49.6 Å². The fourth-order valence-electron chi connectivity index (χ4n) is 4.58. The first-order valence-corrected chi connectivity index (χ1v) is 13.6. The molecule has 0 bridgehead atoms. The van der Waals surface area contributed by atoms with Crippen LogP contribution in [0.4, 0.5) is 11.4 Å². The second-order valence-corrected chi connectivity index (χ2v) is 10.9. The van der Waals surface area contributed by atoms with Crippen molar-refractivity contribution in [2.24, 2.45) is 0 Å². The molecule has 2 aliphatic rings. The van der Waals surface area contributed by atoms with Gasteiger partial charge in [0.25, 0.3) is 0 Å². The number of hydrogen-bond donors (Lipinski definition) is 1. The molecule has 10 heteroatoms. The average molecular weight is 498 g/mol. The molecule has 5 rings (SSSR count). The Hall–Kier alpha value is -2.95. The fourth-order valence-corrected chi connectivity index (χ4v) is 6.13. The van der Waals surface area contributed by atoms with Crippen LogP contribution < -0.4 is 10.2 Å². The van der Waals surface area contributed by atoms with Gasteiger partial charge in [0.05, 0.1) is 36.0 Å². The van der Waals surface area contributed by atoms with Crippen LogP contribution in [0.5, 0.6) is 0 Å². The summed E-state index contributed by atoms with van der Waals surface area (Å²) in [4.78, 5) is 7.04. The summed E-state index contributed by atoms with van der Waals surface area (Å²) in [5.74, 6) is 0.968. The molecule has 2 aromatic carbocycles. The lowest BCUT2D eigenvalue weighted by atomic mass is 10.1. The van der Waals surface area contributed by atoms with Crippen LogP contribution in [0, 0.1) is 6.92 Å². The van der Waals surface area contributed by atoms with Crippen LogP contribution in [-0.2, 0) is 21.3 Å². The number of rotatable bonds is 7. The summed E-state index contributed by atoms with van der Waals surface area (Å²) in [7, 11) is -3.55. The van der Waals surface area contributed by atoms with Gasteiger partial charge in [-0.3, -0.25) is 0 Å². The summed E-state index contributed by atoms with van der Waals surface area (Å²) in [6.07, 6.45) is 2.87. The normalized spacial score (nSPS) is 17.5. The molecule has 1 N–H and O–H groups in total. The van der Waals surface area contributed by atoms with E-state index in [1.54, 1.807) is 16.4 Å². The van der Waals surface area contributed by atoms with Gasteiger partial charge in [-0.05, 0) is 43.5 Å². The summed E-state index contributed by atoms with van der Waals surface area (Å²) >= 11 is 0. The van der Waals surface area contributed by atoms with Crippen LogP contribution in [0.25, 0.3) is 11.4 Å². The van der Waals surface area contributed by atoms with E-state index in [2.05, 4.69) is 20.4 Å². The van der Waals surface area contributed by atoms with Crippen molar-refractivity contribution in [1.82, 2.24) is 14.4 Å². The Bertz CT molecular complexity index is 1260. The molecular formula is C25H31N5O4S. The first-order valence-electron chi connectivity index (χ1n) is 12.1. The molecule has 2 fully saturated rings. The summed E-state index contributed by atoms with van der Waals surface area (Å²) < 4.78 is 39.2. The predicted molar refractivity (Wildman–Crippen MR) is 134 cm³/mol. The van der Waals surface area contributed by atoms with E-state index in [1.807, 2.05) is 37.3 Å². The average Bonchev–Trinajstić information content (AvgIpc) is 3.37. The van der Waals surface area contributed by atoms with Crippen LogP contribution in [0.15, 0.2) is 51.9 Å². The highest BCUT2D eigenvalue weighted by atomic mass is 32.2. The molecule has 0 atom stereocenters. The Morgan fingerprint density at radius 2 is 1.77 bits per heavy atom. The molecule has 0 unspecified atom stereocenters. The Balaban J connectivity index is 1.41. The molecule has 0 radical (unpaired) electrons. The summed E-state index contributed by atoms with van der Waals surface area (Å²) in [5, 5.41) is 7.49. The molecule has 9 nitrogen and oxygen atoms in total. The Labute approximate surface area is 206 Å². The number of nitrogens with one attached hydrogen (secondary N) is 1. The Morgan fingerprint density at radius 1 is 1.00 bits per heavy atom. The zero-order valence-electron chi connectivity index (χ0n) is 19.9. The lowest BCUT2D eigenvalue weighted by Crippen LogP contribution is -2.37. The predicted octanol–water partition coefficient (Wildman–Crippen LogP) is 3.67. The van der Waals surface area contributed by atoms with E-state index in [1.165, 1.54) is 0 Å². The van der Waals surface area contributed by atoms with Gasteiger partial charge in [-0.25, -0.2) is 8.42 Å². The van der Waals surface area contributed by atoms with Gasteiger partial charge in [0.2, 0.25) is 21.7 Å². The van der Waals surface area contributed by atoms with Crippen LogP contribution in [0.2, 0.25) is 0 Å². The van der Waals surface area contributed by atoms with Crippen LogP contribution in [0.1, 0.15) is 30.7 Å². The maximum atomic E-state index is 13.3. The van der Waals surface area contributed by atoms with Crippen molar-refractivity contribution in [2.45, 2.75) is 37.6 Å². The quantitative estimate of drug-likeness (QED) is 0.528. The molecule has 35 heavy (non-hydrogen) atoms. The first kappa shape index (κ1) is 23.8. The monoisotopic (exact) mass is 497 g/mol. The highest BCUT2D eigenvalue weighted by molar-refractivity contribution is 7.89. The van der Waals surface area contributed by atoms with Crippen molar-refractivity contribution in [3.63, 3.8) is 0 Å². The lowest BCUT2D eigenvalue weighted by molar-refractivity contribution is 0.123. The van der Waals surface area contributed by atoms with Gasteiger partial charge in [-0.1, -0.05) is 35.8 Å². The third-order valence-corrected chi connectivity index (χ3v) is 8.45. The molecule has 2 saturated heterocycles. The third kappa shape index (κ3) is 5.19. The van der Waals surface area contributed by atoms with E-state index < -0.39 is 10.0 Å². The zero-order valence-corrected chi connectivity index (χ0v) is 20.8. The number of anilines is 2. The number of aryl methyl sites for hydroxylation is 1. The third-order valence-electron chi connectivity index (χ3n) is 6.56. The largest absolute Gasteiger partial charge is 0.378 e. The zero-order chi connectivity index (χ0) is 24.3. The second kappa shape index (κ2) is 10.3. The highest BCUT2D eigenvalue weighted by Gasteiger charge is 2.27. The molecule has 0 aliphatic carbocycles. The maximum Gasteiger partial charge on any atom is 0.246 e. The van der Waals surface area contributed by atoms with Crippen LogP contribution in [-0.4, -0.2) is 62.3 Å².